The van der Waals surface area contributed by atoms with E-state index in [2.05, 4.69) is 27.1 Å². The predicted octanol–water partition coefficient (Wildman–Crippen LogP) is 8.01. The van der Waals surface area contributed by atoms with Gasteiger partial charge in [-0.25, -0.2) is 14.8 Å². The molecule has 13 nitrogen and oxygen atoms in total. The number of carbonyl (C=O) groups excluding carboxylic acids is 4. The van der Waals surface area contributed by atoms with Gasteiger partial charge in [-0.05, 0) is 116 Å². The maximum absolute atomic E-state index is 13.8. The van der Waals surface area contributed by atoms with E-state index in [4.69, 9.17) is 19.4 Å². The molecular formula is C45H59N7O6. The number of esters is 1. The van der Waals surface area contributed by atoms with Gasteiger partial charge in [0.1, 0.15) is 28.9 Å². The minimum Gasteiger partial charge on any atom is -0.460 e. The number of aromatic amines is 2. The van der Waals surface area contributed by atoms with E-state index < -0.39 is 29.3 Å². The van der Waals surface area contributed by atoms with Crippen LogP contribution in [0.3, 0.4) is 0 Å². The molecule has 0 radical (unpaired) electrons. The SMILES string of the molecule is CCC[C@H](CC(=O)OC(C)(C)C)C(=O)N1CCC[C@H]1c1nc2ccc(C#Cc3ccc4nc([C@@H]5CCCN5C(=O)[C@H](CCC)NC(=O)OC(C)(C)C)[nH]c4c3)cc2[nH]1. The van der Waals surface area contributed by atoms with Crippen LogP contribution in [0, 0.1) is 17.8 Å². The number of amides is 3. The summed E-state index contributed by atoms with van der Waals surface area (Å²) < 4.78 is 11.0. The van der Waals surface area contributed by atoms with Crippen molar-refractivity contribution in [3.05, 3.63) is 59.2 Å². The molecule has 58 heavy (non-hydrogen) atoms. The van der Waals surface area contributed by atoms with Gasteiger partial charge in [0, 0.05) is 30.1 Å². The number of fused-ring (bicyclic) bond motifs is 2. The smallest absolute Gasteiger partial charge is 0.408 e. The molecule has 2 aliphatic rings. The van der Waals surface area contributed by atoms with Crippen molar-refractivity contribution in [3.8, 4) is 11.8 Å². The average Bonchev–Trinajstić information content (AvgIpc) is 3.96. The Kier molecular flexibility index (Phi) is 12.8. The summed E-state index contributed by atoms with van der Waals surface area (Å²) >= 11 is 0. The number of nitrogens with one attached hydrogen (secondary N) is 3. The summed E-state index contributed by atoms with van der Waals surface area (Å²) in [5.74, 6) is 7.09. The predicted molar refractivity (Wildman–Crippen MR) is 222 cm³/mol. The van der Waals surface area contributed by atoms with Gasteiger partial charge in [-0.15, -0.1) is 0 Å². The zero-order valence-corrected chi connectivity index (χ0v) is 35.3. The number of alkyl carbamates (subject to hydrolysis) is 1. The van der Waals surface area contributed by atoms with Gasteiger partial charge in [0.25, 0.3) is 0 Å². The number of ether oxygens (including phenoxy) is 2. The molecule has 310 valence electrons. The monoisotopic (exact) mass is 793 g/mol. The molecule has 2 aliphatic heterocycles. The third-order valence-electron chi connectivity index (χ3n) is 10.4. The highest BCUT2D eigenvalue weighted by atomic mass is 16.6. The number of aromatic nitrogens is 4. The molecule has 2 fully saturated rings. The van der Waals surface area contributed by atoms with Gasteiger partial charge in [-0.3, -0.25) is 14.4 Å². The van der Waals surface area contributed by atoms with Crippen molar-refractivity contribution in [1.82, 2.24) is 35.1 Å². The molecule has 13 heteroatoms. The van der Waals surface area contributed by atoms with Crippen molar-refractivity contribution < 1.29 is 28.7 Å². The molecule has 0 unspecified atom stereocenters. The quantitative estimate of drug-likeness (QED) is 0.102. The van der Waals surface area contributed by atoms with Crippen molar-refractivity contribution in [2.45, 2.75) is 143 Å². The van der Waals surface area contributed by atoms with E-state index in [9.17, 15) is 19.2 Å². The summed E-state index contributed by atoms with van der Waals surface area (Å²) in [5.41, 5.74) is 3.61. The highest BCUT2D eigenvalue weighted by Crippen LogP contribution is 2.35. The number of carbonyl (C=O) groups is 4. The largest absolute Gasteiger partial charge is 0.460 e. The van der Waals surface area contributed by atoms with Crippen LogP contribution < -0.4 is 5.32 Å². The van der Waals surface area contributed by atoms with Crippen LogP contribution in [0.4, 0.5) is 4.79 Å². The zero-order chi connectivity index (χ0) is 41.8. The second-order valence-electron chi connectivity index (χ2n) is 17.6. The molecule has 4 aromatic rings. The Hall–Kier alpha value is -5.38. The molecule has 3 amide bonds. The molecule has 0 aliphatic carbocycles. The molecule has 3 N–H and O–H groups in total. The van der Waals surface area contributed by atoms with Crippen molar-refractivity contribution in [1.29, 1.82) is 0 Å². The third kappa shape index (κ3) is 10.4. The van der Waals surface area contributed by atoms with Gasteiger partial charge >= 0.3 is 12.1 Å². The molecule has 4 heterocycles. The molecule has 2 aromatic carbocycles. The number of hydrogen-bond donors (Lipinski definition) is 3. The fraction of sp³-hybridized carbons (Fsp3) is 0.556. The van der Waals surface area contributed by atoms with Crippen LogP contribution in [0.1, 0.15) is 148 Å². The lowest BCUT2D eigenvalue weighted by molar-refractivity contribution is -0.158. The highest BCUT2D eigenvalue weighted by molar-refractivity contribution is 5.87. The Morgan fingerprint density at radius 2 is 1.26 bits per heavy atom. The van der Waals surface area contributed by atoms with Gasteiger partial charge in [0.2, 0.25) is 11.8 Å². The van der Waals surface area contributed by atoms with E-state index in [1.54, 1.807) is 20.8 Å². The van der Waals surface area contributed by atoms with Crippen LogP contribution in [0.15, 0.2) is 36.4 Å². The van der Waals surface area contributed by atoms with E-state index in [0.717, 1.165) is 77.5 Å². The fourth-order valence-electron chi connectivity index (χ4n) is 7.98. The van der Waals surface area contributed by atoms with Crippen LogP contribution in [0.25, 0.3) is 22.1 Å². The number of benzene rings is 2. The van der Waals surface area contributed by atoms with Crippen molar-refractivity contribution in [2.75, 3.05) is 13.1 Å². The molecule has 0 spiro atoms. The Balaban J connectivity index is 1.14. The molecule has 2 saturated heterocycles. The van der Waals surface area contributed by atoms with Gasteiger partial charge in [0.05, 0.1) is 40.6 Å². The molecule has 2 aromatic heterocycles. The van der Waals surface area contributed by atoms with Gasteiger partial charge in [-0.2, -0.15) is 0 Å². The summed E-state index contributed by atoms with van der Waals surface area (Å²) in [6, 6.07) is 10.6. The number of imidazole rings is 2. The lowest BCUT2D eigenvalue weighted by Crippen LogP contribution is -2.49. The van der Waals surface area contributed by atoms with Crippen LogP contribution in [0.5, 0.6) is 0 Å². The van der Waals surface area contributed by atoms with Gasteiger partial charge in [-0.1, -0.05) is 38.5 Å². The number of rotatable bonds is 11. The minimum absolute atomic E-state index is 0.0224. The maximum Gasteiger partial charge on any atom is 0.408 e. The van der Waals surface area contributed by atoms with E-state index in [1.165, 1.54) is 0 Å². The Labute approximate surface area is 341 Å². The van der Waals surface area contributed by atoms with Gasteiger partial charge < -0.3 is 34.6 Å². The van der Waals surface area contributed by atoms with Crippen LogP contribution in [-0.2, 0) is 23.9 Å². The lowest BCUT2D eigenvalue weighted by Gasteiger charge is -2.29. The second-order valence-corrected chi connectivity index (χ2v) is 17.6. The van der Waals surface area contributed by atoms with E-state index in [-0.39, 0.29) is 36.3 Å². The van der Waals surface area contributed by atoms with Crippen molar-refractivity contribution in [3.63, 3.8) is 0 Å². The van der Waals surface area contributed by atoms with Crippen molar-refractivity contribution >= 4 is 45.9 Å². The fourth-order valence-corrected chi connectivity index (χ4v) is 7.98. The first kappa shape index (κ1) is 42.2. The summed E-state index contributed by atoms with van der Waals surface area (Å²) in [5, 5.41) is 2.80. The average molecular weight is 794 g/mol. The van der Waals surface area contributed by atoms with Gasteiger partial charge in [0.15, 0.2) is 0 Å². The van der Waals surface area contributed by atoms with Crippen LogP contribution in [0.2, 0.25) is 0 Å². The summed E-state index contributed by atoms with van der Waals surface area (Å²) in [4.78, 5) is 73.2. The molecular weight excluding hydrogens is 735 g/mol. The number of H-pyrrole nitrogens is 2. The second kappa shape index (κ2) is 17.6. The first-order valence-electron chi connectivity index (χ1n) is 20.9. The van der Waals surface area contributed by atoms with Crippen molar-refractivity contribution in [2.24, 2.45) is 5.92 Å². The normalized spacial score (nSPS) is 18.2. The Bertz CT molecular complexity index is 2050. The first-order chi connectivity index (χ1) is 27.5. The lowest BCUT2D eigenvalue weighted by atomic mass is 9.97. The number of likely N-dealkylation sites (tertiary alicyclic amines) is 2. The number of hydrogen-bond acceptors (Lipinski definition) is 8. The van der Waals surface area contributed by atoms with Crippen LogP contribution in [-0.4, -0.2) is 83.9 Å². The molecule has 4 atom stereocenters. The van der Waals surface area contributed by atoms with E-state index in [0.29, 0.717) is 31.8 Å². The summed E-state index contributed by atoms with van der Waals surface area (Å²) in [7, 11) is 0. The standard InChI is InChI=1S/C45H59N7O6/c1-9-13-30(27-38(53)57-44(3,4)5)41(54)51-23-11-15-36(51)39-46-31-21-19-28(25-34(31)48-39)17-18-29-20-22-32-35(26-29)49-40(47-32)37-16-12-24-52(37)42(55)33(14-10-2)50-43(56)58-45(6,7)8/h19-22,25-26,30,33,36-37H,9-16,23-24,27H2,1-8H3,(H,46,48)(H,47,49)(H,50,56)/t30-,33+,36+,37+/m1/s1. The topological polar surface area (TPSA) is 163 Å². The Morgan fingerprint density at radius 1 is 0.759 bits per heavy atom. The van der Waals surface area contributed by atoms with Crippen LogP contribution >= 0.6 is 0 Å². The number of nitrogens with zero attached hydrogens (tertiary/aromatic N) is 4. The van der Waals surface area contributed by atoms with E-state index >= 15 is 0 Å². The molecule has 0 bridgehead atoms. The maximum atomic E-state index is 13.8. The minimum atomic E-state index is -0.679. The molecule has 0 saturated carbocycles. The molecule has 6 rings (SSSR count). The van der Waals surface area contributed by atoms with E-state index in [1.807, 2.05) is 80.8 Å². The summed E-state index contributed by atoms with van der Waals surface area (Å²) in [6.45, 7) is 16.1. The first-order valence-corrected chi connectivity index (χ1v) is 20.9. The summed E-state index contributed by atoms with van der Waals surface area (Å²) in [6.07, 6.45) is 5.39. The highest BCUT2D eigenvalue weighted by Gasteiger charge is 2.38. The third-order valence-corrected chi connectivity index (χ3v) is 10.4. The Morgan fingerprint density at radius 3 is 1.74 bits per heavy atom. The zero-order valence-electron chi connectivity index (χ0n) is 35.3.